The Morgan fingerprint density at radius 2 is 2.37 bits per heavy atom. The van der Waals surface area contributed by atoms with Gasteiger partial charge in [0.25, 0.3) is 5.91 Å². The van der Waals surface area contributed by atoms with E-state index in [1.165, 1.54) is 6.07 Å². The van der Waals surface area contributed by atoms with Gasteiger partial charge in [0.1, 0.15) is 4.92 Å². The molecule has 0 saturated carbocycles. The van der Waals surface area contributed by atoms with Gasteiger partial charge in [0, 0.05) is 25.5 Å². The van der Waals surface area contributed by atoms with E-state index in [0.717, 1.165) is 19.0 Å². The molecule has 100 valence electrons. The molecule has 0 aliphatic heterocycles. The van der Waals surface area contributed by atoms with Crippen LogP contribution in [0.5, 0.6) is 0 Å². The van der Waals surface area contributed by atoms with Gasteiger partial charge in [-0.25, -0.2) is 4.98 Å². The molecule has 1 amide bonds. The summed E-state index contributed by atoms with van der Waals surface area (Å²) >= 11 is 0. The molecule has 0 fully saturated rings. The Balaban J connectivity index is 1.76. The van der Waals surface area contributed by atoms with Crippen LogP contribution in [0.1, 0.15) is 17.0 Å². The SMILES string of the molecule is O=C(NCCCn1ccnc1)c1ccc([N+](=O)[O-])o1. The van der Waals surface area contributed by atoms with Gasteiger partial charge in [0.15, 0.2) is 5.76 Å². The van der Waals surface area contributed by atoms with Crippen molar-refractivity contribution >= 4 is 11.8 Å². The zero-order chi connectivity index (χ0) is 13.7. The molecular weight excluding hydrogens is 252 g/mol. The summed E-state index contributed by atoms with van der Waals surface area (Å²) in [7, 11) is 0. The number of carbonyl (C=O) groups excluding carboxylic acids is 1. The van der Waals surface area contributed by atoms with Gasteiger partial charge in [0.05, 0.1) is 12.4 Å². The molecule has 2 rings (SSSR count). The van der Waals surface area contributed by atoms with Crippen LogP contribution in [-0.4, -0.2) is 26.9 Å². The lowest BCUT2D eigenvalue weighted by molar-refractivity contribution is -0.402. The Morgan fingerprint density at radius 1 is 1.53 bits per heavy atom. The molecule has 2 heterocycles. The maximum absolute atomic E-state index is 11.6. The molecule has 8 nitrogen and oxygen atoms in total. The number of aromatic nitrogens is 2. The van der Waals surface area contributed by atoms with Gasteiger partial charge in [-0.3, -0.25) is 14.9 Å². The van der Waals surface area contributed by atoms with E-state index in [1.807, 2.05) is 10.8 Å². The number of hydrogen-bond acceptors (Lipinski definition) is 5. The lowest BCUT2D eigenvalue weighted by Gasteiger charge is -2.03. The number of furan rings is 1. The van der Waals surface area contributed by atoms with Gasteiger partial charge in [-0.2, -0.15) is 0 Å². The standard InChI is InChI=1S/C11H12N4O4/c16-11(9-2-3-10(19-9)15(17)18)13-4-1-6-14-7-5-12-8-14/h2-3,5,7-8H,1,4,6H2,(H,13,16). The number of nitrogens with one attached hydrogen (secondary N) is 1. The van der Waals surface area contributed by atoms with Crippen molar-refractivity contribution in [1.29, 1.82) is 0 Å². The zero-order valence-corrected chi connectivity index (χ0v) is 9.98. The average molecular weight is 264 g/mol. The summed E-state index contributed by atoms with van der Waals surface area (Å²) in [4.78, 5) is 25.2. The molecule has 0 atom stereocenters. The molecule has 0 aliphatic carbocycles. The highest BCUT2D eigenvalue weighted by atomic mass is 16.6. The third-order valence-electron chi connectivity index (χ3n) is 2.43. The summed E-state index contributed by atoms with van der Waals surface area (Å²) in [6.45, 7) is 1.18. The van der Waals surface area contributed by atoms with Crippen molar-refractivity contribution in [2.24, 2.45) is 0 Å². The van der Waals surface area contributed by atoms with Crippen LogP contribution in [0.3, 0.4) is 0 Å². The van der Waals surface area contributed by atoms with E-state index >= 15 is 0 Å². The van der Waals surface area contributed by atoms with E-state index in [0.29, 0.717) is 6.54 Å². The number of imidazole rings is 1. The van der Waals surface area contributed by atoms with Gasteiger partial charge in [-0.1, -0.05) is 0 Å². The van der Waals surface area contributed by atoms with Crippen molar-refractivity contribution in [1.82, 2.24) is 14.9 Å². The number of amides is 1. The van der Waals surface area contributed by atoms with Gasteiger partial charge in [0.2, 0.25) is 0 Å². The predicted octanol–water partition coefficient (Wildman–Crippen LogP) is 1.20. The van der Waals surface area contributed by atoms with Crippen LogP contribution < -0.4 is 5.32 Å². The molecule has 8 heteroatoms. The van der Waals surface area contributed by atoms with Gasteiger partial charge >= 0.3 is 5.88 Å². The second-order valence-corrected chi connectivity index (χ2v) is 3.80. The van der Waals surface area contributed by atoms with Crippen LogP contribution in [0.4, 0.5) is 5.88 Å². The molecule has 0 unspecified atom stereocenters. The average Bonchev–Trinajstić information content (AvgIpc) is 3.05. The quantitative estimate of drug-likeness (QED) is 0.479. The first-order valence-corrected chi connectivity index (χ1v) is 5.65. The molecular formula is C11H12N4O4. The van der Waals surface area contributed by atoms with Crippen molar-refractivity contribution in [2.75, 3.05) is 6.54 Å². The van der Waals surface area contributed by atoms with Gasteiger partial charge in [-0.05, 0) is 12.5 Å². The number of nitrogens with zero attached hydrogens (tertiary/aromatic N) is 3. The fourth-order valence-corrected chi connectivity index (χ4v) is 1.52. The first kappa shape index (κ1) is 12.8. The number of carbonyl (C=O) groups is 1. The van der Waals surface area contributed by atoms with E-state index in [2.05, 4.69) is 10.3 Å². The first-order chi connectivity index (χ1) is 9.16. The van der Waals surface area contributed by atoms with E-state index < -0.39 is 16.7 Å². The zero-order valence-electron chi connectivity index (χ0n) is 9.98. The maximum atomic E-state index is 11.6. The van der Waals surface area contributed by atoms with Crippen molar-refractivity contribution in [3.05, 3.63) is 46.7 Å². The second kappa shape index (κ2) is 5.80. The first-order valence-electron chi connectivity index (χ1n) is 5.65. The largest absolute Gasteiger partial charge is 0.433 e. The minimum Gasteiger partial charge on any atom is -0.395 e. The number of nitro groups is 1. The summed E-state index contributed by atoms with van der Waals surface area (Å²) < 4.78 is 6.68. The molecule has 19 heavy (non-hydrogen) atoms. The molecule has 0 bridgehead atoms. The second-order valence-electron chi connectivity index (χ2n) is 3.80. The number of hydrogen-bond donors (Lipinski definition) is 1. The molecule has 0 radical (unpaired) electrons. The molecule has 2 aromatic heterocycles. The van der Waals surface area contributed by atoms with Gasteiger partial charge < -0.3 is 14.3 Å². The summed E-state index contributed by atoms with van der Waals surface area (Å²) in [5.74, 6) is -0.961. The Hall–Kier alpha value is -2.64. The van der Waals surface area contributed by atoms with E-state index in [4.69, 9.17) is 4.42 Å². The van der Waals surface area contributed by atoms with Crippen molar-refractivity contribution in [2.45, 2.75) is 13.0 Å². The minimum atomic E-state index is -0.685. The third kappa shape index (κ3) is 3.41. The van der Waals surface area contributed by atoms with Crippen molar-refractivity contribution < 1.29 is 14.1 Å². The monoisotopic (exact) mass is 264 g/mol. The highest BCUT2D eigenvalue weighted by Crippen LogP contribution is 2.15. The molecule has 0 aliphatic rings. The van der Waals surface area contributed by atoms with Crippen molar-refractivity contribution in [3.8, 4) is 0 Å². The van der Waals surface area contributed by atoms with Crippen LogP contribution in [0.15, 0.2) is 35.3 Å². The van der Waals surface area contributed by atoms with E-state index in [-0.39, 0.29) is 5.76 Å². The molecule has 2 aromatic rings. The van der Waals surface area contributed by atoms with Crippen LogP contribution >= 0.6 is 0 Å². The molecule has 0 aromatic carbocycles. The van der Waals surface area contributed by atoms with Crippen LogP contribution in [0.2, 0.25) is 0 Å². The summed E-state index contributed by atoms with van der Waals surface area (Å²) in [6, 6.07) is 2.43. The lowest BCUT2D eigenvalue weighted by Crippen LogP contribution is -2.24. The number of aryl methyl sites for hydroxylation is 1. The fraction of sp³-hybridized carbons (Fsp3) is 0.273. The normalized spacial score (nSPS) is 10.3. The van der Waals surface area contributed by atoms with E-state index in [1.54, 1.807) is 12.5 Å². The highest BCUT2D eigenvalue weighted by Gasteiger charge is 2.16. The number of rotatable bonds is 6. The Bertz CT molecular complexity index is 561. The van der Waals surface area contributed by atoms with E-state index in [9.17, 15) is 14.9 Å². The maximum Gasteiger partial charge on any atom is 0.433 e. The van der Waals surface area contributed by atoms with Crippen molar-refractivity contribution in [3.63, 3.8) is 0 Å². The summed E-state index contributed by atoms with van der Waals surface area (Å²) in [5, 5.41) is 13.0. The summed E-state index contributed by atoms with van der Waals surface area (Å²) in [5.41, 5.74) is 0. The fourth-order valence-electron chi connectivity index (χ4n) is 1.52. The van der Waals surface area contributed by atoms with Crippen LogP contribution in [-0.2, 0) is 6.54 Å². The van der Waals surface area contributed by atoms with Gasteiger partial charge in [-0.15, -0.1) is 0 Å². The summed E-state index contributed by atoms with van der Waals surface area (Å²) in [6.07, 6.45) is 5.93. The minimum absolute atomic E-state index is 0.0608. The smallest absolute Gasteiger partial charge is 0.395 e. The Morgan fingerprint density at radius 3 is 3.00 bits per heavy atom. The molecule has 0 spiro atoms. The molecule has 1 N–H and O–H groups in total. The predicted molar refractivity (Wildman–Crippen MR) is 64.5 cm³/mol. The molecule has 0 saturated heterocycles. The lowest BCUT2D eigenvalue weighted by atomic mass is 10.4. The topological polar surface area (TPSA) is 103 Å². The highest BCUT2D eigenvalue weighted by molar-refractivity contribution is 5.91. The third-order valence-corrected chi connectivity index (χ3v) is 2.43. The van der Waals surface area contributed by atoms with Crippen LogP contribution in [0.25, 0.3) is 0 Å². The Kier molecular flexibility index (Phi) is 3.91. The van der Waals surface area contributed by atoms with Crippen LogP contribution in [0, 0.1) is 10.1 Å². The Labute approximate surface area is 108 Å².